The van der Waals surface area contributed by atoms with E-state index in [4.69, 9.17) is 8.92 Å². The van der Waals surface area contributed by atoms with E-state index in [1.54, 1.807) is 31.4 Å². The molecule has 2 aromatic rings. The summed E-state index contributed by atoms with van der Waals surface area (Å²) in [7, 11) is -2.10. The van der Waals surface area contributed by atoms with Crippen LogP contribution in [0.4, 0.5) is 0 Å². The lowest BCUT2D eigenvalue weighted by atomic mass is 10.1. The van der Waals surface area contributed by atoms with Gasteiger partial charge in [-0.2, -0.15) is 8.42 Å². The molecule has 0 bridgehead atoms. The van der Waals surface area contributed by atoms with Crippen molar-refractivity contribution in [3.8, 4) is 5.75 Å². The van der Waals surface area contributed by atoms with E-state index in [1.807, 2.05) is 31.2 Å². The van der Waals surface area contributed by atoms with Gasteiger partial charge in [0.25, 0.3) is 10.1 Å². The molecule has 2 rings (SSSR count). The SMILES string of the molecule is COc1cccc(CCOS(=O)(=O)c2ccc(C)cc2)c1. The van der Waals surface area contributed by atoms with Gasteiger partial charge in [-0.3, -0.25) is 4.18 Å². The van der Waals surface area contributed by atoms with Gasteiger partial charge >= 0.3 is 0 Å². The van der Waals surface area contributed by atoms with E-state index >= 15 is 0 Å². The molecule has 0 saturated heterocycles. The van der Waals surface area contributed by atoms with Gasteiger partial charge in [0.2, 0.25) is 0 Å². The van der Waals surface area contributed by atoms with Crippen molar-refractivity contribution >= 4 is 10.1 Å². The average Bonchev–Trinajstić information content (AvgIpc) is 2.48. The number of aryl methyl sites for hydroxylation is 1. The summed E-state index contributed by atoms with van der Waals surface area (Å²) in [5.41, 5.74) is 1.97. The van der Waals surface area contributed by atoms with Crippen LogP contribution >= 0.6 is 0 Å². The normalized spacial score (nSPS) is 11.3. The fourth-order valence-electron chi connectivity index (χ4n) is 1.87. The van der Waals surface area contributed by atoms with Gasteiger partial charge < -0.3 is 4.74 Å². The zero-order chi connectivity index (χ0) is 15.3. The first-order valence-electron chi connectivity index (χ1n) is 6.60. The molecule has 0 amide bonds. The largest absolute Gasteiger partial charge is 0.497 e. The molecule has 0 aromatic heterocycles. The molecule has 0 fully saturated rings. The van der Waals surface area contributed by atoms with E-state index in [9.17, 15) is 8.42 Å². The van der Waals surface area contributed by atoms with Gasteiger partial charge in [-0.1, -0.05) is 29.8 Å². The highest BCUT2D eigenvalue weighted by Crippen LogP contribution is 2.16. The summed E-state index contributed by atoms with van der Waals surface area (Å²) in [5, 5.41) is 0. The summed E-state index contributed by atoms with van der Waals surface area (Å²) >= 11 is 0. The summed E-state index contributed by atoms with van der Waals surface area (Å²) in [5.74, 6) is 0.744. The van der Waals surface area contributed by atoms with Crippen LogP contribution in [0.25, 0.3) is 0 Å². The number of rotatable bonds is 6. The van der Waals surface area contributed by atoms with Crippen LogP contribution in [0.15, 0.2) is 53.4 Å². The van der Waals surface area contributed by atoms with Crippen molar-refractivity contribution in [3.05, 3.63) is 59.7 Å². The Kier molecular flexibility index (Phi) is 4.98. The summed E-state index contributed by atoms with van der Waals surface area (Å²) < 4.78 is 34.2. The van der Waals surface area contributed by atoms with Gasteiger partial charge in [-0.25, -0.2) is 0 Å². The molecule has 0 radical (unpaired) electrons. The first-order chi connectivity index (χ1) is 10.0. The molecule has 0 spiro atoms. The Morgan fingerprint density at radius 3 is 2.43 bits per heavy atom. The van der Waals surface area contributed by atoms with E-state index in [-0.39, 0.29) is 11.5 Å². The number of hydrogen-bond donors (Lipinski definition) is 0. The van der Waals surface area contributed by atoms with Crippen molar-refractivity contribution in [3.63, 3.8) is 0 Å². The Labute approximate surface area is 125 Å². The predicted octanol–water partition coefficient (Wildman–Crippen LogP) is 2.95. The molecule has 0 atom stereocenters. The van der Waals surface area contributed by atoms with Gasteiger partial charge in [0.15, 0.2) is 0 Å². The zero-order valence-corrected chi connectivity index (χ0v) is 12.9. The third kappa shape index (κ3) is 4.31. The van der Waals surface area contributed by atoms with Crippen LogP contribution in [0.1, 0.15) is 11.1 Å². The van der Waals surface area contributed by atoms with Crippen LogP contribution in [0.5, 0.6) is 5.75 Å². The third-order valence-corrected chi connectivity index (χ3v) is 4.40. The zero-order valence-electron chi connectivity index (χ0n) is 12.1. The average molecular weight is 306 g/mol. The highest BCUT2D eigenvalue weighted by molar-refractivity contribution is 7.86. The molecule has 0 aliphatic heterocycles. The molecule has 0 saturated carbocycles. The Hall–Kier alpha value is -1.85. The van der Waals surface area contributed by atoms with Crippen molar-refractivity contribution < 1.29 is 17.3 Å². The van der Waals surface area contributed by atoms with E-state index in [2.05, 4.69) is 0 Å². The first kappa shape index (κ1) is 15.5. The smallest absolute Gasteiger partial charge is 0.296 e. The number of benzene rings is 2. The van der Waals surface area contributed by atoms with Crippen LogP contribution in [-0.4, -0.2) is 22.1 Å². The van der Waals surface area contributed by atoms with Gasteiger partial charge in [0, 0.05) is 0 Å². The quantitative estimate of drug-likeness (QED) is 0.770. The van der Waals surface area contributed by atoms with Gasteiger partial charge in [0.05, 0.1) is 18.6 Å². The molecule has 5 heteroatoms. The second-order valence-electron chi connectivity index (χ2n) is 4.69. The monoisotopic (exact) mass is 306 g/mol. The van der Waals surface area contributed by atoms with Crippen LogP contribution < -0.4 is 4.74 Å². The lowest BCUT2D eigenvalue weighted by Gasteiger charge is -2.07. The Balaban J connectivity index is 1.97. The lowest BCUT2D eigenvalue weighted by molar-refractivity contribution is 0.322. The summed E-state index contributed by atoms with van der Waals surface area (Å²) in [6, 6.07) is 14.1. The van der Waals surface area contributed by atoms with Crippen molar-refractivity contribution in [1.29, 1.82) is 0 Å². The second-order valence-corrected chi connectivity index (χ2v) is 6.31. The molecule has 0 aliphatic carbocycles. The molecule has 2 aromatic carbocycles. The molecule has 112 valence electrons. The van der Waals surface area contributed by atoms with E-state index in [1.165, 1.54) is 0 Å². The molecule has 0 aliphatic rings. The molecular formula is C16H18O4S. The number of ether oxygens (including phenoxy) is 1. The van der Waals surface area contributed by atoms with Crippen LogP contribution in [-0.2, 0) is 20.7 Å². The van der Waals surface area contributed by atoms with Crippen LogP contribution in [0, 0.1) is 6.92 Å². The molecule has 4 nitrogen and oxygen atoms in total. The molecule has 0 N–H and O–H groups in total. The molecule has 0 unspecified atom stereocenters. The van der Waals surface area contributed by atoms with Crippen molar-refractivity contribution in [2.24, 2.45) is 0 Å². The Bertz CT molecular complexity index is 690. The summed E-state index contributed by atoms with van der Waals surface area (Å²) in [4.78, 5) is 0.179. The van der Waals surface area contributed by atoms with Crippen molar-refractivity contribution in [2.45, 2.75) is 18.2 Å². The number of hydrogen-bond acceptors (Lipinski definition) is 4. The number of methoxy groups -OCH3 is 1. The van der Waals surface area contributed by atoms with Crippen LogP contribution in [0.3, 0.4) is 0 Å². The van der Waals surface area contributed by atoms with Crippen molar-refractivity contribution in [1.82, 2.24) is 0 Å². The van der Waals surface area contributed by atoms with E-state index < -0.39 is 10.1 Å². The summed E-state index contributed by atoms with van der Waals surface area (Å²) in [6.07, 6.45) is 0.502. The van der Waals surface area contributed by atoms with Gasteiger partial charge in [-0.05, 0) is 43.2 Å². The fourth-order valence-corrected chi connectivity index (χ4v) is 2.78. The van der Waals surface area contributed by atoms with E-state index in [0.29, 0.717) is 6.42 Å². The minimum absolute atomic E-state index is 0.101. The minimum atomic E-state index is -3.69. The van der Waals surface area contributed by atoms with Crippen LogP contribution in [0.2, 0.25) is 0 Å². The fraction of sp³-hybridized carbons (Fsp3) is 0.250. The first-order valence-corrected chi connectivity index (χ1v) is 8.01. The Morgan fingerprint density at radius 2 is 1.76 bits per heavy atom. The standard InChI is InChI=1S/C16H18O4S/c1-13-6-8-16(9-7-13)21(17,18)20-11-10-14-4-3-5-15(12-14)19-2/h3-9,12H,10-11H2,1-2H3. The minimum Gasteiger partial charge on any atom is -0.497 e. The maximum atomic E-state index is 12.0. The molecular weight excluding hydrogens is 288 g/mol. The lowest BCUT2D eigenvalue weighted by Crippen LogP contribution is -2.09. The molecule has 0 heterocycles. The van der Waals surface area contributed by atoms with E-state index in [0.717, 1.165) is 16.9 Å². The van der Waals surface area contributed by atoms with Crippen molar-refractivity contribution in [2.75, 3.05) is 13.7 Å². The third-order valence-electron chi connectivity index (χ3n) is 3.07. The predicted molar refractivity (Wildman–Crippen MR) is 81.0 cm³/mol. The van der Waals surface area contributed by atoms with Gasteiger partial charge in [0.1, 0.15) is 5.75 Å². The maximum Gasteiger partial charge on any atom is 0.296 e. The van der Waals surface area contributed by atoms with Gasteiger partial charge in [-0.15, -0.1) is 0 Å². The highest BCUT2D eigenvalue weighted by atomic mass is 32.2. The second kappa shape index (κ2) is 6.74. The molecule has 21 heavy (non-hydrogen) atoms. The highest BCUT2D eigenvalue weighted by Gasteiger charge is 2.14. The topological polar surface area (TPSA) is 52.6 Å². The summed E-state index contributed by atoms with van der Waals surface area (Å²) in [6.45, 7) is 2.00. The Morgan fingerprint density at radius 1 is 1.05 bits per heavy atom. The maximum absolute atomic E-state index is 12.0.